The Kier molecular flexibility index (Phi) is 5.67. The van der Waals surface area contributed by atoms with Crippen LogP contribution < -0.4 is 5.32 Å². The lowest BCUT2D eigenvalue weighted by molar-refractivity contribution is -0.120. The first kappa shape index (κ1) is 19.6. The number of rotatable bonds is 4. The minimum absolute atomic E-state index is 0.236. The van der Waals surface area contributed by atoms with Crippen molar-refractivity contribution in [2.45, 2.75) is 51.0 Å². The summed E-state index contributed by atoms with van der Waals surface area (Å²) in [5, 5.41) is 2.94. The van der Waals surface area contributed by atoms with Crippen molar-refractivity contribution in [3.63, 3.8) is 0 Å². The van der Waals surface area contributed by atoms with Gasteiger partial charge in [-0.25, -0.2) is 8.42 Å². The van der Waals surface area contributed by atoms with Gasteiger partial charge < -0.3 is 5.32 Å². The number of carbonyl (C=O) groups is 1. The number of aryl methyl sites for hydroxylation is 3. The Balaban J connectivity index is 1.87. The van der Waals surface area contributed by atoms with Gasteiger partial charge in [-0.15, -0.1) is 0 Å². The number of nitrogens with zero attached hydrogens (tertiary/aromatic N) is 1. The topological polar surface area (TPSA) is 66.5 Å². The number of anilines is 1. The molecule has 1 atom stereocenters. The summed E-state index contributed by atoms with van der Waals surface area (Å²) in [5.41, 5.74) is 3.73. The van der Waals surface area contributed by atoms with Gasteiger partial charge in [0, 0.05) is 12.2 Å². The van der Waals surface area contributed by atoms with Gasteiger partial charge in [0.05, 0.1) is 4.90 Å². The zero-order valence-electron chi connectivity index (χ0n) is 16.0. The number of amides is 1. The smallest absolute Gasteiger partial charge is 0.243 e. The van der Waals surface area contributed by atoms with E-state index >= 15 is 0 Å². The Labute approximate surface area is 161 Å². The second kappa shape index (κ2) is 7.82. The van der Waals surface area contributed by atoms with Gasteiger partial charge in [0.15, 0.2) is 0 Å². The Bertz CT molecular complexity index is 936. The van der Waals surface area contributed by atoms with Crippen LogP contribution in [0.15, 0.2) is 47.4 Å². The second-order valence-corrected chi connectivity index (χ2v) is 9.14. The number of sulfonamides is 1. The second-order valence-electron chi connectivity index (χ2n) is 7.25. The van der Waals surface area contributed by atoms with Crippen molar-refractivity contribution in [3.05, 3.63) is 59.2 Å². The highest BCUT2D eigenvalue weighted by Gasteiger charge is 2.37. The van der Waals surface area contributed by atoms with Crippen LogP contribution in [0, 0.1) is 20.8 Å². The monoisotopic (exact) mass is 386 g/mol. The SMILES string of the molecule is Cc1ccc(S(=O)(=O)N2CCCC[C@@H]2C(=O)Nc2cc(C)ccc2C)cc1. The maximum Gasteiger partial charge on any atom is 0.243 e. The van der Waals surface area contributed by atoms with E-state index in [1.807, 2.05) is 39.0 Å². The fourth-order valence-electron chi connectivity index (χ4n) is 3.39. The molecule has 0 radical (unpaired) electrons. The molecule has 5 nitrogen and oxygen atoms in total. The Morgan fingerprint density at radius 3 is 2.37 bits per heavy atom. The van der Waals surface area contributed by atoms with Crippen molar-refractivity contribution < 1.29 is 13.2 Å². The van der Waals surface area contributed by atoms with Gasteiger partial charge >= 0.3 is 0 Å². The molecule has 2 aromatic rings. The van der Waals surface area contributed by atoms with E-state index in [2.05, 4.69) is 5.32 Å². The summed E-state index contributed by atoms with van der Waals surface area (Å²) in [6.45, 7) is 6.17. The third kappa shape index (κ3) is 4.22. The summed E-state index contributed by atoms with van der Waals surface area (Å²) in [4.78, 5) is 13.2. The lowest BCUT2D eigenvalue weighted by Crippen LogP contribution is -2.49. The molecule has 144 valence electrons. The Morgan fingerprint density at radius 1 is 1.00 bits per heavy atom. The number of piperidine rings is 1. The summed E-state index contributed by atoms with van der Waals surface area (Å²) in [5.74, 6) is -0.265. The first-order valence-corrected chi connectivity index (χ1v) is 10.7. The minimum atomic E-state index is -3.71. The van der Waals surface area contributed by atoms with Gasteiger partial charge in [0.2, 0.25) is 15.9 Å². The minimum Gasteiger partial charge on any atom is -0.324 e. The molecule has 0 saturated carbocycles. The molecule has 3 rings (SSSR count). The standard InChI is InChI=1S/C21H26N2O3S/c1-15-8-11-18(12-9-15)27(25,26)23-13-5-4-6-20(23)21(24)22-19-14-16(2)7-10-17(19)3/h7-12,14,20H,4-6,13H2,1-3H3,(H,22,24)/t20-/m1/s1. The molecule has 0 bridgehead atoms. The quantitative estimate of drug-likeness (QED) is 0.869. The predicted octanol–water partition coefficient (Wildman–Crippen LogP) is 3.79. The van der Waals surface area contributed by atoms with Gasteiger partial charge in [-0.3, -0.25) is 4.79 Å². The molecule has 0 unspecified atom stereocenters. The van der Waals surface area contributed by atoms with Crippen LogP contribution in [-0.2, 0) is 14.8 Å². The van der Waals surface area contributed by atoms with E-state index in [1.165, 1.54) is 4.31 Å². The Morgan fingerprint density at radius 2 is 1.67 bits per heavy atom. The van der Waals surface area contributed by atoms with Crippen molar-refractivity contribution in [1.29, 1.82) is 0 Å². The van der Waals surface area contributed by atoms with E-state index in [0.29, 0.717) is 13.0 Å². The van der Waals surface area contributed by atoms with Crippen LogP contribution in [0.4, 0.5) is 5.69 Å². The molecular formula is C21H26N2O3S. The van der Waals surface area contributed by atoms with Crippen molar-refractivity contribution in [3.8, 4) is 0 Å². The van der Waals surface area contributed by atoms with E-state index in [0.717, 1.165) is 35.2 Å². The molecular weight excluding hydrogens is 360 g/mol. The van der Waals surface area contributed by atoms with Crippen molar-refractivity contribution >= 4 is 21.6 Å². The van der Waals surface area contributed by atoms with Crippen LogP contribution in [0.3, 0.4) is 0 Å². The third-order valence-corrected chi connectivity index (χ3v) is 6.96. The first-order chi connectivity index (χ1) is 12.8. The molecule has 1 N–H and O–H groups in total. The largest absolute Gasteiger partial charge is 0.324 e. The molecule has 1 fully saturated rings. The van der Waals surface area contributed by atoms with Crippen LogP contribution in [0.25, 0.3) is 0 Å². The average molecular weight is 387 g/mol. The van der Waals surface area contributed by atoms with Gasteiger partial charge in [-0.2, -0.15) is 4.31 Å². The third-order valence-electron chi connectivity index (χ3n) is 5.03. The summed E-state index contributed by atoms with van der Waals surface area (Å²) in [6, 6.07) is 11.9. The summed E-state index contributed by atoms with van der Waals surface area (Å²) in [7, 11) is -3.71. The van der Waals surface area contributed by atoms with Gasteiger partial charge in [-0.05, 0) is 62.9 Å². The number of hydrogen-bond donors (Lipinski definition) is 1. The molecule has 1 saturated heterocycles. The molecule has 0 aliphatic carbocycles. The maximum absolute atomic E-state index is 13.1. The highest BCUT2D eigenvalue weighted by Crippen LogP contribution is 2.27. The number of hydrogen-bond acceptors (Lipinski definition) is 3. The van der Waals surface area contributed by atoms with E-state index in [1.54, 1.807) is 24.3 Å². The fraction of sp³-hybridized carbons (Fsp3) is 0.381. The van der Waals surface area contributed by atoms with Gasteiger partial charge in [0.1, 0.15) is 6.04 Å². The van der Waals surface area contributed by atoms with Crippen LogP contribution in [0.5, 0.6) is 0 Å². The van der Waals surface area contributed by atoms with Crippen molar-refractivity contribution in [1.82, 2.24) is 4.31 Å². The molecule has 1 amide bonds. The lowest BCUT2D eigenvalue weighted by atomic mass is 10.0. The summed E-state index contributed by atoms with van der Waals surface area (Å²) >= 11 is 0. The molecule has 0 aromatic heterocycles. The van der Waals surface area contributed by atoms with Crippen molar-refractivity contribution in [2.75, 3.05) is 11.9 Å². The molecule has 1 aliphatic heterocycles. The zero-order valence-corrected chi connectivity index (χ0v) is 16.8. The molecule has 0 spiro atoms. The van der Waals surface area contributed by atoms with Gasteiger partial charge in [-0.1, -0.05) is 36.2 Å². The zero-order chi connectivity index (χ0) is 19.6. The van der Waals surface area contributed by atoms with E-state index in [-0.39, 0.29) is 10.8 Å². The Hall–Kier alpha value is -2.18. The summed E-state index contributed by atoms with van der Waals surface area (Å²) < 4.78 is 27.6. The van der Waals surface area contributed by atoms with Crippen LogP contribution in [-0.4, -0.2) is 31.2 Å². The lowest BCUT2D eigenvalue weighted by Gasteiger charge is -2.33. The molecule has 27 heavy (non-hydrogen) atoms. The first-order valence-electron chi connectivity index (χ1n) is 9.25. The molecule has 1 heterocycles. The normalized spacial score (nSPS) is 18.3. The highest BCUT2D eigenvalue weighted by molar-refractivity contribution is 7.89. The van der Waals surface area contributed by atoms with Crippen molar-refractivity contribution in [2.24, 2.45) is 0 Å². The van der Waals surface area contributed by atoms with Gasteiger partial charge in [0.25, 0.3) is 0 Å². The molecule has 6 heteroatoms. The molecule has 2 aromatic carbocycles. The van der Waals surface area contributed by atoms with Crippen LogP contribution in [0.1, 0.15) is 36.0 Å². The van der Waals surface area contributed by atoms with Crippen LogP contribution in [0.2, 0.25) is 0 Å². The predicted molar refractivity (Wildman–Crippen MR) is 107 cm³/mol. The number of nitrogens with one attached hydrogen (secondary N) is 1. The number of carbonyl (C=O) groups excluding carboxylic acids is 1. The summed E-state index contributed by atoms with van der Waals surface area (Å²) in [6.07, 6.45) is 2.13. The van der Waals surface area contributed by atoms with E-state index < -0.39 is 16.1 Å². The maximum atomic E-state index is 13.1. The van der Waals surface area contributed by atoms with E-state index in [4.69, 9.17) is 0 Å². The number of benzene rings is 2. The van der Waals surface area contributed by atoms with Crippen LogP contribution >= 0.6 is 0 Å². The highest BCUT2D eigenvalue weighted by atomic mass is 32.2. The fourth-order valence-corrected chi connectivity index (χ4v) is 5.04. The average Bonchev–Trinajstić information content (AvgIpc) is 2.65. The van der Waals surface area contributed by atoms with E-state index in [9.17, 15) is 13.2 Å². The molecule has 1 aliphatic rings.